The van der Waals surface area contributed by atoms with E-state index in [2.05, 4.69) is 50.5 Å². The van der Waals surface area contributed by atoms with Gasteiger partial charge >= 0.3 is 0 Å². The minimum absolute atomic E-state index is 0.169. The van der Waals surface area contributed by atoms with Gasteiger partial charge in [0, 0.05) is 26.2 Å². The Morgan fingerprint density at radius 2 is 1.89 bits per heavy atom. The zero-order valence-corrected chi connectivity index (χ0v) is 16.3. The summed E-state index contributed by atoms with van der Waals surface area (Å²) in [6.45, 7) is 3.38. The molecule has 6 nitrogen and oxygen atoms in total. The van der Waals surface area contributed by atoms with Crippen LogP contribution >= 0.6 is 0 Å². The van der Waals surface area contributed by atoms with Crippen molar-refractivity contribution in [3.63, 3.8) is 0 Å². The Hall–Kier alpha value is -2.47. The van der Waals surface area contributed by atoms with E-state index in [0.29, 0.717) is 12.2 Å². The molecule has 1 N–H and O–H groups in total. The van der Waals surface area contributed by atoms with E-state index in [0.717, 1.165) is 50.6 Å². The summed E-state index contributed by atoms with van der Waals surface area (Å²) in [5.74, 6) is 1.41. The Morgan fingerprint density at radius 3 is 2.52 bits per heavy atom. The van der Waals surface area contributed by atoms with Gasteiger partial charge in [-0.15, -0.1) is 0 Å². The number of amides is 1. The predicted octanol–water partition coefficient (Wildman–Crippen LogP) is 2.23. The third kappa shape index (κ3) is 5.76. The molecule has 0 atom stereocenters. The third-order valence-corrected chi connectivity index (χ3v) is 5.02. The summed E-state index contributed by atoms with van der Waals surface area (Å²) in [4.78, 5) is 25.2. The first-order valence-corrected chi connectivity index (χ1v) is 9.65. The van der Waals surface area contributed by atoms with Crippen LogP contribution in [0.2, 0.25) is 0 Å². The molecule has 1 aliphatic rings. The molecule has 1 saturated heterocycles. The van der Waals surface area contributed by atoms with E-state index < -0.39 is 0 Å². The van der Waals surface area contributed by atoms with Crippen LogP contribution < -0.4 is 10.2 Å². The first-order chi connectivity index (χ1) is 13.1. The van der Waals surface area contributed by atoms with Crippen LogP contribution in [0.3, 0.4) is 0 Å². The van der Waals surface area contributed by atoms with Crippen molar-refractivity contribution in [2.75, 3.05) is 45.2 Å². The van der Waals surface area contributed by atoms with E-state index in [1.165, 1.54) is 5.56 Å². The highest BCUT2D eigenvalue weighted by molar-refractivity contribution is 5.92. The molecule has 27 heavy (non-hydrogen) atoms. The van der Waals surface area contributed by atoms with Crippen molar-refractivity contribution < 1.29 is 4.79 Å². The Balaban J connectivity index is 1.47. The van der Waals surface area contributed by atoms with E-state index in [9.17, 15) is 4.79 Å². The van der Waals surface area contributed by atoms with Crippen LogP contribution in [0.5, 0.6) is 0 Å². The fraction of sp³-hybridized carbons (Fsp3) is 0.476. The molecule has 144 valence electrons. The van der Waals surface area contributed by atoms with Crippen molar-refractivity contribution in [1.29, 1.82) is 0 Å². The monoisotopic (exact) mass is 367 g/mol. The zero-order chi connectivity index (χ0) is 19.1. The van der Waals surface area contributed by atoms with E-state index in [-0.39, 0.29) is 5.91 Å². The van der Waals surface area contributed by atoms with Gasteiger partial charge in [0.15, 0.2) is 0 Å². The van der Waals surface area contributed by atoms with Crippen LogP contribution in [0.1, 0.15) is 28.9 Å². The molecule has 1 fully saturated rings. The molecule has 1 aromatic heterocycles. The maximum absolute atomic E-state index is 12.1. The minimum Gasteiger partial charge on any atom is -0.355 e. The van der Waals surface area contributed by atoms with E-state index in [1.807, 2.05) is 19.0 Å². The van der Waals surface area contributed by atoms with Crippen molar-refractivity contribution in [1.82, 2.24) is 20.2 Å². The number of carbonyl (C=O) groups excluding carboxylic acids is 1. The summed E-state index contributed by atoms with van der Waals surface area (Å²) >= 11 is 0. The van der Waals surface area contributed by atoms with Gasteiger partial charge in [-0.05, 0) is 44.8 Å². The quantitative estimate of drug-likeness (QED) is 0.813. The maximum atomic E-state index is 12.1. The maximum Gasteiger partial charge on any atom is 0.271 e. The molecule has 3 rings (SSSR count). The number of hydrogen-bond acceptors (Lipinski definition) is 5. The van der Waals surface area contributed by atoms with Crippen LogP contribution in [0.25, 0.3) is 0 Å². The molecule has 0 saturated carbocycles. The highest BCUT2D eigenvalue weighted by Crippen LogP contribution is 2.24. The third-order valence-electron chi connectivity index (χ3n) is 5.02. The lowest BCUT2D eigenvalue weighted by atomic mass is 9.90. The van der Waals surface area contributed by atoms with Crippen LogP contribution in [0, 0.1) is 5.92 Å². The summed E-state index contributed by atoms with van der Waals surface area (Å²) in [6.07, 6.45) is 6.76. The predicted molar refractivity (Wildman–Crippen MR) is 108 cm³/mol. The molecule has 2 heterocycles. The lowest BCUT2D eigenvalue weighted by Gasteiger charge is -2.32. The number of anilines is 1. The molecule has 0 spiro atoms. The molecule has 0 unspecified atom stereocenters. The standard InChI is InChI=1S/C21H29N5O/c1-25(2)13-10-22-21(27)19-15-24-20(16-23-19)26-11-8-18(9-12-26)14-17-6-4-3-5-7-17/h3-7,15-16,18H,8-14H2,1-2H3,(H,22,27). The highest BCUT2D eigenvalue weighted by Gasteiger charge is 2.21. The average molecular weight is 367 g/mol. The van der Waals surface area contributed by atoms with Crippen LogP contribution in [0.4, 0.5) is 5.82 Å². The summed E-state index contributed by atoms with van der Waals surface area (Å²) in [5, 5.41) is 2.86. The first-order valence-electron chi connectivity index (χ1n) is 9.65. The second-order valence-corrected chi connectivity index (χ2v) is 7.44. The van der Waals surface area contributed by atoms with Crippen molar-refractivity contribution in [2.45, 2.75) is 19.3 Å². The fourth-order valence-corrected chi connectivity index (χ4v) is 3.40. The molecule has 0 aliphatic carbocycles. The van der Waals surface area contributed by atoms with Gasteiger partial charge in [0.2, 0.25) is 0 Å². The number of piperidine rings is 1. The van der Waals surface area contributed by atoms with Gasteiger partial charge in [-0.25, -0.2) is 9.97 Å². The second kappa shape index (κ2) is 9.46. The van der Waals surface area contributed by atoms with Gasteiger partial charge in [-0.3, -0.25) is 4.79 Å². The Labute approximate surface area is 161 Å². The first kappa shape index (κ1) is 19.3. The Kier molecular flexibility index (Phi) is 6.76. The number of rotatable bonds is 7. The molecule has 2 aromatic rings. The topological polar surface area (TPSA) is 61.4 Å². The van der Waals surface area contributed by atoms with Crippen LogP contribution in [-0.2, 0) is 6.42 Å². The van der Waals surface area contributed by atoms with Crippen LogP contribution in [0.15, 0.2) is 42.7 Å². The number of nitrogens with zero attached hydrogens (tertiary/aromatic N) is 4. The normalized spacial score (nSPS) is 15.1. The van der Waals surface area contributed by atoms with E-state index >= 15 is 0 Å². The number of nitrogens with one attached hydrogen (secondary N) is 1. The lowest BCUT2D eigenvalue weighted by molar-refractivity contribution is 0.0945. The van der Waals surface area contributed by atoms with Crippen molar-refractivity contribution in [3.05, 3.63) is 54.0 Å². The summed E-state index contributed by atoms with van der Waals surface area (Å²) in [5.41, 5.74) is 1.79. The number of aromatic nitrogens is 2. The van der Waals surface area contributed by atoms with Crippen molar-refractivity contribution in [2.24, 2.45) is 5.92 Å². The summed E-state index contributed by atoms with van der Waals surface area (Å²) in [7, 11) is 3.95. The number of benzene rings is 1. The van der Waals surface area contributed by atoms with Gasteiger partial charge in [0.1, 0.15) is 11.5 Å². The second-order valence-electron chi connectivity index (χ2n) is 7.44. The Morgan fingerprint density at radius 1 is 1.15 bits per heavy atom. The van der Waals surface area contributed by atoms with Crippen LogP contribution in [-0.4, -0.2) is 61.0 Å². The number of carbonyl (C=O) groups is 1. The molecule has 0 radical (unpaired) electrons. The molecule has 1 aliphatic heterocycles. The molecule has 0 bridgehead atoms. The fourth-order valence-electron chi connectivity index (χ4n) is 3.40. The SMILES string of the molecule is CN(C)CCNC(=O)c1cnc(N2CCC(Cc3ccccc3)CC2)cn1. The molecule has 6 heteroatoms. The largest absolute Gasteiger partial charge is 0.355 e. The zero-order valence-electron chi connectivity index (χ0n) is 16.3. The molecular weight excluding hydrogens is 338 g/mol. The Bertz CT molecular complexity index is 709. The van der Waals surface area contributed by atoms with E-state index in [4.69, 9.17) is 0 Å². The summed E-state index contributed by atoms with van der Waals surface area (Å²) < 4.78 is 0. The minimum atomic E-state index is -0.169. The van der Waals surface area contributed by atoms with Gasteiger partial charge in [0.05, 0.1) is 12.4 Å². The van der Waals surface area contributed by atoms with Crippen molar-refractivity contribution >= 4 is 11.7 Å². The average Bonchev–Trinajstić information content (AvgIpc) is 2.69. The van der Waals surface area contributed by atoms with E-state index in [1.54, 1.807) is 12.4 Å². The van der Waals surface area contributed by atoms with Crippen molar-refractivity contribution in [3.8, 4) is 0 Å². The summed E-state index contributed by atoms with van der Waals surface area (Å²) in [6, 6.07) is 10.7. The van der Waals surface area contributed by atoms with Gasteiger partial charge in [-0.2, -0.15) is 0 Å². The molecule has 1 aromatic carbocycles. The number of likely N-dealkylation sites (N-methyl/N-ethyl adjacent to an activating group) is 1. The van der Waals surface area contributed by atoms with Gasteiger partial charge < -0.3 is 15.1 Å². The van der Waals surface area contributed by atoms with Gasteiger partial charge in [-0.1, -0.05) is 30.3 Å². The molecule has 1 amide bonds. The smallest absolute Gasteiger partial charge is 0.271 e. The highest BCUT2D eigenvalue weighted by atomic mass is 16.1. The van der Waals surface area contributed by atoms with Gasteiger partial charge in [0.25, 0.3) is 5.91 Å². The number of hydrogen-bond donors (Lipinski definition) is 1. The molecular formula is C21H29N5O. The lowest BCUT2D eigenvalue weighted by Crippen LogP contribution is -2.35.